The Kier molecular flexibility index (Phi) is 5.87. The smallest absolute Gasteiger partial charge is 0.317 e. The fourth-order valence-electron chi connectivity index (χ4n) is 1.56. The first-order chi connectivity index (χ1) is 8.50. The van der Waals surface area contributed by atoms with Crippen molar-refractivity contribution in [3.8, 4) is 0 Å². The summed E-state index contributed by atoms with van der Waals surface area (Å²) in [7, 11) is 1.56. The number of nitrogens with one attached hydrogen (secondary N) is 1. The molecule has 0 radical (unpaired) electrons. The van der Waals surface area contributed by atoms with E-state index in [-0.39, 0.29) is 18.7 Å². The van der Waals surface area contributed by atoms with Crippen molar-refractivity contribution in [2.24, 2.45) is 5.92 Å². The van der Waals surface area contributed by atoms with Crippen LogP contribution >= 0.6 is 0 Å². The van der Waals surface area contributed by atoms with Crippen LogP contribution in [0.25, 0.3) is 0 Å². The number of amides is 2. The van der Waals surface area contributed by atoms with Gasteiger partial charge in [0.15, 0.2) is 0 Å². The lowest BCUT2D eigenvalue weighted by Crippen LogP contribution is -2.45. The molecule has 104 valence electrons. The third-order valence-electron chi connectivity index (χ3n) is 2.68. The molecule has 0 aromatic heterocycles. The number of ether oxygens (including phenoxy) is 2. The Morgan fingerprint density at radius 3 is 2.78 bits per heavy atom. The lowest BCUT2D eigenvalue weighted by atomic mass is 10.2. The molecule has 0 aromatic carbocycles. The van der Waals surface area contributed by atoms with Crippen LogP contribution in [-0.4, -0.2) is 68.1 Å². The van der Waals surface area contributed by atoms with E-state index in [2.05, 4.69) is 5.32 Å². The molecule has 2 unspecified atom stereocenters. The molecule has 1 aliphatic rings. The summed E-state index contributed by atoms with van der Waals surface area (Å²) >= 11 is 0. The molecular formula is C11H20N2O5. The van der Waals surface area contributed by atoms with E-state index in [1.54, 1.807) is 14.0 Å². The summed E-state index contributed by atoms with van der Waals surface area (Å²) in [5, 5.41) is 11.4. The zero-order chi connectivity index (χ0) is 13.5. The average molecular weight is 260 g/mol. The number of carbonyl (C=O) groups is 2. The Morgan fingerprint density at radius 2 is 2.22 bits per heavy atom. The van der Waals surface area contributed by atoms with Crippen LogP contribution in [0, 0.1) is 5.92 Å². The van der Waals surface area contributed by atoms with Crippen molar-refractivity contribution in [3.05, 3.63) is 0 Å². The van der Waals surface area contributed by atoms with E-state index in [0.717, 1.165) is 0 Å². The highest BCUT2D eigenvalue weighted by Gasteiger charge is 2.19. The number of carbonyl (C=O) groups excluding carboxylic acids is 1. The van der Waals surface area contributed by atoms with Gasteiger partial charge in [-0.15, -0.1) is 0 Å². The normalized spacial score (nSPS) is 21.1. The molecule has 2 atom stereocenters. The van der Waals surface area contributed by atoms with Crippen molar-refractivity contribution in [3.63, 3.8) is 0 Å². The summed E-state index contributed by atoms with van der Waals surface area (Å²) in [6.45, 7) is 3.68. The van der Waals surface area contributed by atoms with Gasteiger partial charge in [0.1, 0.15) is 0 Å². The Bertz CT molecular complexity index is 291. The molecule has 1 saturated heterocycles. The molecule has 1 fully saturated rings. The van der Waals surface area contributed by atoms with Crippen molar-refractivity contribution in [2.75, 3.05) is 40.0 Å². The number of carboxylic acid groups (broad SMARTS) is 1. The van der Waals surface area contributed by atoms with Gasteiger partial charge in [-0.2, -0.15) is 0 Å². The van der Waals surface area contributed by atoms with E-state index in [0.29, 0.717) is 26.4 Å². The SMILES string of the molecule is CC(CN(C)C(=O)NCC1COCCO1)C(=O)O. The minimum absolute atomic E-state index is 0.131. The van der Waals surface area contributed by atoms with Crippen LogP contribution < -0.4 is 5.32 Å². The topological polar surface area (TPSA) is 88.1 Å². The quantitative estimate of drug-likeness (QED) is 0.712. The second-order valence-electron chi connectivity index (χ2n) is 4.37. The lowest BCUT2D eigenvalue weighted by Gasteiger charge is -2.25. The highest BCUT2D eigenvalue weighted by atomic mass is 16.6. The maximum Gasteiger partial charge on any atom is 0.317 e. The Hall–Kier alpha value is -1.34. The number of rotatable bonds is 5. The summed E-state index contributed by atoms with van der Waals surface area (Å²) in [6.07, 6.45) is -0.131. The molecular weight excluding hydrogens is 240 g/mol. The van der Waals surface area contributed by atoms with Crippen molar-refractivity contribution < 1.29 is 24.2 Å². The van der Waals surface area contributed by atoms with Gasteiger partial charge < -0.3 is 24.8 Å². The maximum atomic E-state index is 11.7. The monoisotopic (exact) mass is 260 g/mol. The summed E-state index contributed by atoms with van der Waals surface area (Å²) in [5.74, 6) is -1.51. The van der Waals surface area contributed by atoms with Gasteiger partial charge in [-0.25, -0.2) is 4.79 Å². The van der Waals surface area contributed by atoms with Crippen LogP contribution in [-0.2, 0) is 14.3 Å². The van der Waals surface area contributed by atoms with Gasteiger partial charge in [-0.1, -0.05) is 6.92 Å². The van der Waals surface area contributed by atoms with Gasteiger partial charge >= 0.3 is 12.0 Å². The van der Waals surface area contributed by atoms with Crippen LogP contribution in [0.2, 0.25) is 0 Å². The van der Waals surface area contributed by atoms with Gasteiger partial charge in [0.05, 0.1) is 31.8 Å². The molecule has 2 N–H and O–H groups in total. The van der Waals surface area contributed by atoms with E-state index in [1.807, 2.05) is 0 Å². The van der Waals surface area contributed by atoms with Crippen LogP contribution in [0.4, 0.5) is 4.79 Å². The second-order valence-corrected chi connectivity index (χ2v) is 4.37. The zero-order valence-electron chi connectivity index (χ0n) is 10.7. The molecule has 1 heterocycles. The standard InChI is InChI=1S/C11H20N2O5/c1-8(10(14)15)6-13(2)11(16)12-5-9-7-17-3-4-18-9/h8-9H,3-7H2,1-2H3,(H,12,16)(H,14,15). The second kappa shape index (κ2) is 7.17. The van der Waals surface area contributed by atoms with E-state index in [9.17, 15) is 9.59 Å². The van der Waals surface area contributed by atoms with Gasteiger partial charge in [-0.05, 0) is 0 Å². The number of carboxylic acids is 1. The molecule has 0 bridgehead atoms. The van der Waals surface area contributed by atoms with Crippen LogP contribution in [0.5, 0.6) is 0 Å². The minimum Gasteiger partial charge on any atom is -0.481 e. The third-order valence-corrected chi connectivity index (χ3v) is 2.68. The van der Waals surface area contributed by atoms with E-state index < -0.39 is 11.9 Å². The molecule has 0 aliphatic carbocycles. The van der Waals surface area contributed by atoms with Gasteiger partial charge in [0.2, 0.25) is 0 Å². The Balaban J connectivity index is 2.24. The third kappa shape index (κ3) is 4.89. The number of nitrogens with zero attached hydrogens (tertiary/aromatic N) is 1. The molecule has 1 rings (SSSR count). The molecule has 0 spiro atoms. The first-order valence-electron chi connectivity index (χ1n) is 5.91. The first-order valence-corrected chi connectivity index (χ1v) is 5.91. The lowest BCUT2D eigenvalue weighted by molar-refractivity contribution is -0.141. The summed E-state index contributed by atoms with van der Waals surface area (Å²) in [4.78, 5) is 23.7. The first kappa shape index (κ1) is 14.7. The molecule has 7 nitrogen and oxygen atoms in total. The van der Waals surface area contributed by atoms with Crippen LogP contribution in [0.3, 0.4) is 0 Å². The number of aliphatic carboxylic acids is 1. The number of hydrogen-bond acceptors (Lipinski definition) is 4. The summed E-state index contributed by atoms with van der Waals surface area (Å²) < 4.78 is 10.6. The predicted molar refractivity (Wildman–Crippen MR) is 63.4 cm³/mol. The maximum absolute atomic E-state index is 11.7. The van der Waals surface area contributed by atoms with Crippen molar-refractivity contribution >= 4 is 12.0 Å². The average Bonchev–Trinajstić information content (AvgIpc) is 2.36. The fourth-order valence-corrected chi connectivity index (χ4v) is 1.56. The Labute approximate surface area is 106 Å². The molecule has 0 aromatic rings. The van der Waals surface area contributed by atoms with Crippen LogP contribution in [0.15, 0.2) is 0 Å². The molecule has 7 heteroatoms. The highest BCUT2D eigenvalue weighted by Crippen LogP contribution is 2.01. The van der Waals surface area contributed by atoms with Gasteiger partial charge in [0, 0.05) is 20.1 Å². The van der Waals surface area contributed by atoms with Crippen molar-refractivity contribution in [1.82, 2.24) is 10.2 Å². The van der Waals surface area contributed by atoms with Gasteiger partial charge in [-0.3, -0.25) is 4.79 Å². The molecule has 2 amide bonds. The Morgan fingerprint density at radius 1 is 1.50 bits per heavy atom. The fraction of sp³-hybridized carbons (Fsp3) is 0.818. The number of hydrogen-bond donors (Lipinski definition) is 2. The summed E-state index contributed by atoms with van der Waals surface area (Å²) in [6, 6.07) is -0.308. The number of urea groups is 1. The van der Waals surface area contributed by atoms with E-state index >= 15 is 0 Å². The summed E-state index contributed by atoms with van der Waals surface area (Å²) in [5.41, 5.74) is 0. The van der Waals surface area contributed by atoms with E-state index in [4.69, 9.17) is 14.6 Å². The molecule has 0 saturated carbocycles. The van der Waals surface area contributed by atoms with Crippen LogP contribution in [0.1, 0.15) is 6.92 Å². The molecule has 18 heavy (non-hydrogen) atoms. The van der Waals surface area contributed by atoms with Crippen molar-refractivity contribution in [1.29, 1.82) is 0 Å². The largest absolute Gasteiger partial charge is 0.481 e. The highest BCUT2D eigenvalue weighted by molar-refractivity contribution is 5.75. The molecule has 1 aliphatic heterocycles. The minimum atomic E-state index is -0.918. The zero-order valence-corrected chi connectivity index (χ0v) is 10.7. The van der Waals surface area contributed by atoms with E-state index in [1.165, 1.54) is 4.90 Å². The van der Waals surface area contributed by atoms with Gasteiger partial charge in [0.25, 0.3) is 0 Å². The van der Waals surface area contributed by atoms with Crippen molar-refractivity contribution in [2.45, 2.75) is 13.0 Å². The predicted octanol–water partition coefficient (Wildman–Crippen LogP) is -0.236.